The topological polar surface area (TPSA) is 12.0 Å². The van der Waals surface area contributed by atoms with Gasteiger partial charge >= 0.3 is 0 Å². The molecular formula is C9H9NS. The van der Waals surface area contributed by atoms with Crippen LogP contribution in [0, 0.1) is 0 Å². The monoisotopic (exact) mass is 163 g/mol. The van der Waals surface area contributed by atoms with Gasteiger partial charge in [0.1, 0.15) is 0 Å². The van der Waals surface area contributed by atoms with Crippen LogP contribution in [-0.2, 0) is 0 Å². The van der Waals surface area contributed by atoms with Crippen molar-refractivity contribution in [3.8, 4) is 0 Å². The number of hydrogen-bond donors (Lipinski definition) is 1. The first-order chi connectivity index (χ1) is 5.47. The van der Waals surface area contributed by atoms with E-state index in [4.69, 9.17) is 0 Å². The fraction of sp³-hybridized carbons (Fsp3) is 0.111. The van der Waals surface area contributed by atoms with Crippen LogP contribution >= 0.6 is 11.8 Å². The number of para-hydroxylation sites is 1. The fourth-order valence-electron chi connectivity index (χ4n) is 1.05. The summed E-state index contributed by atoms with van der Waals surface area (Å²) in [6.07, 6.45) is 2.13. The number of fused-ring (bicyclic) bond motifs is 1. The third-order valence-electron chi connectivity index (χ3n) is 1.59. The second kappa shape index (κ2) is 3.01. The Hall–Kier alpha value is -0.890. The Morgan fingerprint density at radius 2 is 2.18 bits per heavy atom. The Labute approximate surface area is 70.5 Å². The van der Waals surface area contributed by atoms with E-state index in [9.17, 15) is 0 Å². The highest BCUT2D eigenvalue weighted by Gasteiger charge is 2.00. The van der Waals surface area contributed by atoms with E-state index in [0.717, 1.165) is 6.54 Å². The summed E-state index contributed by atoms with van der Waals surface area (Å²) in [6, 6.07) is 8.35. The predicted octanol–water partition coefficient (Wildman–Crippen LogP) is 2.72. The molecule has 2 rings (SSSR count). The summed E-state index contributed by atoms with van der Waals surface area (Å²) in [4.78, 5) is 1.31. The third-order valence-corrected chi connectivity index (χ3v) is 2.53. The molecule has 0 amide bonds. The van der Waals surface area contributed by atoms with Gasteiger partial charge in [0, 0.05) is 17.1 Å². The molecule has 11 heavy (non-hydrogen) atoms. The summed E-state index contributed by atoms with van der Waals surface area (Å²) in [7, 11) is 0. The summed E-state index contributed by atoms with van der Waals surface area (Å²) < 4.78 is 0. The minimum atomic E-state index is 0.935. The molecule has 1 aromatic carbocycles. The average molecular weight is 163 g/mol. The lowest BCUT2D eigenvalue weighted by molar-refractivity contribution is 1.30. The Bertz CT molecular complexity index is 281. The first-order valence-electron chi connectivity index (χ1n) is 3.61. The maximum atomic E-state index is 3.32. The largest absolute Gasteiger partial charge is 0.381 e. The molecule has 0 fully saturated rings. The second-order valence-corrected chi connectivity index (χ2v) is 3.31. The summed E-state index contributed by atoms with van der Waals surface area (Å²) in [5, 5.41) is 5.44. The molecule has 1 aromatic rings. The minimum absolute atomic E-state index is 0.935. The van der Waals surface area contributed by atoms with Gasteiger partial charge < -0.3 is 5.32 Å². The lowest BCUT2D eigenvalue weighted by Crippen LogP contribution is -1.96. The van der Waals surface area contributed by atoms with Gasteiger partial charge in [-0.1, -0.05) is 30.0 Å². The molecule has 1 aliphatic rings. The molecule has 0 unspecified atom stereocenters. The second-order valence-electron chi connectivity index (χ2n) is 2.37. The van der Waals surface area contributed by atoms with Crippen LogP contribution in [0.2, 0.25) is 0 Å². The van der Waals surface area contributed by atoms with Crippen molar-refractivity contribution in [3.05, 3.63) is 35.7 Å². The molecule has 0 aliphatic carbocycles. The van der Waals surface area contributed by atoms with Crippen molar-refractivity contribution in [2.75, 3.05) is 11.9 Å². The van der Waals surface area contributed by atoms with Crippen molar-refractivity contribution in [2.24, 2.45) is 0 Å². The molecule has 0 bridgehead atoms. The molecular weight excluding hydrogens is 154 g/mol. The van der Waals surface area contributed by atoms with Crippen LogP contribution in [0.3, 0.4) is 0 Å². The number of thioether (sulfide) groups is 1. The zero-order valence-electron chi connectivity index (χ0n) is 6.08. The van der Waals surface area contributed by atoms with Gasteiger partial charge in [-0.3, -0.25) is 0 Å². The zero-order valence-corrected chi connectivity index (χ0v) is 6.90. The van der Waals surface area contributed by atoms with Crippen LogP contribution in [0.1, 0.15) is 0 Å². The normalized spacial score (nSPS) is 14.9. The quantitative estimate of drug-likeness (QED) is 0.631. The van der Waals surface area contributed by atoms with E-state index < -0.39 is 0 Å². The third kappa shape index (κ3) is 1.40. The predicted molar refractivity (Wildman–Crippen MR) is 49.9 cm³/mol. The Morgan fingerprint density at radius 1 is 1.27 bits per heavy atom. The van der Waals surface area contributed by atoms with Crippen LogP contribution in [-0.4, -0.2) is 6.54 Å². The molecule has 2 heteroatoms. The SMILES string of the molecule is C1=CSc2ccccc2NC1. The highest BCUT2D eigenvalue weighted by atomic mass is 32.2. The molecule has 0 atom stereocenters. The summed E-state index contributed by atoms with van der Waals surface area (Å²) >= 11 is 1.77. The molecule has 1 heterocycles. The molecule has 0 aromatic heterocycles. The van der Waals surface area contributed by atoms with E-state index in [0.29, 0.717) is 0 Å². The number of hydrogen-bond acceptors (Lipinski definition) is 2. The Kier molecular flexibility index (Phi) is 1.86. The molecule has 0 saturated carbocycles. The van der Waals surface area contributed by atoms with Crippen LogP contribution in [0.15, 0.2) is 40.6 Å². The highest BCUT2D eigenvalue weighted by Crippen LogP contribution is 2.29. The van der Waals surface area contributed by atoms with Crippen LogP contribution < -0.4 is 5.32 Å². The molecule has 1 aliphatic heterocycles. The van der Waals surface area contributed by atoms with E-state index >= 15 is 0 Å². The first kappa shape index (κ1) is 6.80. The van der Waals surface area contributed by atoms with Gasteiger partial charge in [-0.2, -0.15) is 0 Å². The number of rotatable bonds is 0. The van der Waals surface area contributed by atoms with Crippen molar-refractivity contribution >= 4 is 17.4 Å². The number of nitrogens with one attached hydrogen (secondary N) is 1. The average Bonchev–Trinajstić information content (AvgIpc) is 2.28. The Morgan fingerprint density at radius 3 is 3.18 bits per heavy atom. The van der Waals surface area contributed by atoms with Crippen molar-refractivity contribution in [3.63, 3.8) is 0 Å². The molecule has 1 nitrogen and oxygen atoms in total. The van der Waals surface area contributed by atoms with Gasteiger partial charge in [0.05, 0.1) is 0 Å². The van der Waals surface area contributed by atoms with Crippen molar-refractivity contribution in [1.29, 1.82) is 0 Å². The van der Waals surface area contributed by atoms with Crippen LogP contribution in [0.4, 0.5) is 5.69 Å². The number of anilines is 1. The van der Waals surface area contributed by atoms with Crippen molar-refractivity contribution in [2.45, 2.75) is 4.90 Å². The van der Waals surface area contributed by atoms with Gasteiger partial charge in [-0.05, 0) is 17.5 Å². The van der Waals surface area contributed by atoms with E-state index in [1.54, 1.807) is 11.8 Å². The van der Waals surface area contributed by atoms with Gasteiger partial charge in [0.25, 0.3) is 0 Å². The Balaban J connectivity index is 2.40. The number of benzene rings is 1. The summed E-state index contributed by atoms with van der Waals surface area (Å²) in [5.74, 6) is 0. The van der Waals surface area contributed by atoms with Gasteiger partial charge in [-0.25, -0.2) is 0 Å². The van der Waals surface area contributed by atoms with Crippen molar-refractivity contribution in [1.82, 2.24) is 0 Å². The molecule has 0 saturated heterocycles. The van der Waals surface area contributed by atoms with Gasteiger partial charge in [-0.15, -0.1) is 0 Å². The van der Waals surface area contributed by atoms with Crippen LogP contribution in [0.25, 0.3) is 0 Å². The highest BCUT2D eigenvalue weighted by molar-refractivity contribution is 8.02. The minimum Gasteiger partial charge on any atom is -0.381 e. The zero-order chi connectivity index (χ0) is 7.52. The smallest absolute Gasteiger partial charge is 0.0484 e. The lowest BCUT2D eigenvalue weighted by Gasteiger charge is -2.04. The van der Waals surface area contributed by atoms with Crippen molar-refractivity contribution < 1.29 is 0 Å². The van der Waals surface area contributed by atoms with E-state index in [1.807, 2.05) is 0 Å². The standard InChI is InChI=1S/C9H9NS/c1-2-5-9-8(4-1)10-6-3-7-11-9/h1-5,7,10H,6H2. The summed E-state index contributed by atoms with van der Waals surface area (Å²) in [5.41, 5.74) is 1.24. The van der Waals surface area contributed by atoms with Crippen LogP contribution in [0.5, 0.6) is 0 Å². The fourth-order valence-corrected chi connectivity index (χ4v) is 1.82. The van der Waals surface area contributed by atoms with E-state index in [1.165, 1.54) is 10.6 Å². The molecule has 56 valence electrons. The maximum Gasteiger partial charge on any atom is 0.0484 e. The molecule has 0 radical (unpaired) electrons. The van der Waals surface area contributed by atoms with E-state index in [2.05, 4.69) is 41.1 Å². The van der Waals surface area contributed by atoms with E-state index in [-0.39, 0.29) is 0 Å². The maximum absolute atomic E-state index is 3.32. The summed E-state index contributed by atoms with van der Waals surface area (Å²) in [6.45, 7) is 0.935. The molecule has 1 N–H and O–H groups in total. The van der Waals surface area contributed by atoms with Gasteiger partial charge in [0.15, 0.2) is 0 Å². The van der Waals surface area contributed by atoms with Gasteiger partial charge in [0.2, 0.25) is 0 Å². The lowest BCUT2D eigenvalue weighted by atomic mass is 10.3. The first-order valence-corrected chi connectivity index (χ1v) is 4.49. The molecule has 0 spiro atoms.